The molecular formula is C25H25BrN4O4. The highest BCUT2D eigenvalue weighted by Gasteiger charge is 2.55. The van der Waals surface area contributed by atoms with Gasteiger partial charge in [-0.15, -0.1) is 0 Å². The van der Waals surface area contributed by atoms with Crippen LogP contribution >= 0.6 is 15.9 Å². The molecule has 0 spiro atoms. The smallest absolute Gasteiger partial charge is 0.225 e. The summed E-state index contributed by atoms with van der Waals surface area (Å²) >= 11 is 3.44. The number of fused-ring (bicyclic) bond motifs is 3. The van der Waals surface area contributed by atoms with Crippen LogP contribution in [0.3, 0.4) is 0 Å². The van der Waals surface area contributed by atoms with E-state index in [2.05, 4.69) is 49.1 Å². The predicted octanol–water partition coefficient (Wildman–Crippen LogP) is 4.80. The third-order valence-corrected chi connectivity index (χ3v) is 6.97. The second-order valence-electron chi connectivity index (χ2n) is 9.20. The number of pyridine rings is 1. The van der Waals surface area contributed by atoms with Crippen molar-refractivity contribution in [3.8, 4) is 5.88 Å². The number of hydrogen-bond acceptors (Lipinski definition) is 7. The molecule has 2 aliphatic rings. The first kappa shape index (κ1) is 21.9. The highest BCUT2D eigenvalue weighted by molar-refractivity contribution is 9.10. The Balaban J connectivity index is 1.27. The fourth-order valence-electron chi connectivity index (χ4n) is 5.06. The molecule has 4 atom stereocenters. The van der Waals surface area contributed by atoms with Crippen LogP contribution < -0.4 is 4.74 Å². The molecule has 1 aromatic carbocycles. The van der Waals surface area contributed by atoms with Gasteiger partial charge in [-0.1, -0.05) is 12.1 Å². The van der Waals surface area contributed by atoms with E-state index in [1.807, 2.05) is 42.9 Å². The minimum atomic E-state index is -0.673. The van der Waals surface area contributed by atoms with E-state index in [1.165, 1.54) is 11.9 Å². The summed E-state index contributed by atoms with van der Waals surface area (Å²) in [4.78, 5) is 13.0. The van der Waals surface area contributed by atoms with E-state index in [0.717, 1.165) is 39.3 Å². The Morgan fingerprint density at radius 1 is 1.06 bits per heavy atom. The molecule has 176 valence electrons. The largest absolute Gasteiger partial charge is 0.480 e. The quantitative estimate of drug-likeness (QED) is 0.347. The summed E-state index contributed by atoms with van der Waals surface area (Å²) in [6, 6.07) is 10.5. The minimum Gasteiger partial charge on any atom is -0.480 e. The Kier molecular flexibility index (Phi) is 5.33. The van der Waals surface area contributed by atoms with Crippen LogP contribution in [0.4, 0.5) is 0 Å². The maximum absolute atomic E-state index is 6.57. The summed E-state index contributed by atoms with van der Waals surface area (Å²) in [5.41, 5.74) is 1.99. The molecule has 34 heavy (non-hydrogen) atoms. The molecule has 6 rings (SSSR count). The molecule has 2 fully saturated rings. The zero-order chi connectivity index (χ0) is 23.4. The molecule has 0 aliphatic carbocycles. The number of nitrogens with zero attached hydrogens (tertiary/aromatic N) is 4. The zero-order valence-electron chi connectivity index (χ0n) is 19.1. The lowest BCUT2D eigenvalue weighted by Crippen LogP contribution is -2.29. The number of halogens is 1. The molecule has 0 radical (unpaired) electrons. The number of aryl methyl sites for hydroxylation is 1. The minimum absolute atomic E-state index is 0.114. The van der Waals surface area contributed by atoms with Gasteiger partial charge in [0.15, 0.2) is 12.0 Å². The van der Waals surface area contributed by atoms with Gasteiger partial charge in [0, 0.05) is 17.8 Å². The van der Waals surface area contributed by atoms with Gasteiger partial charge in [0.05, 0.1) is 18.6 Å². The van der Waals surface area contributed by atoms with Crippen molar-refractivity contribution in [3.63, 3.8) is 0 Å². The molecule has 0 unspecified atom stereocenters. The number of ether oxygens (including phenoxy) is 4. The molecule has 5 heterocycles. The first-order valence-corrected chi connectivity index (χ1v) is 12.1. The van der Waals surface area contributed by atoms with Crippen LogP contribution in [0.1, 0.15) is 32.1 Å². The van der Waals surface area contributed by atoms with E-state index in [1.54, 1.807) is 7.11 Å². The molecule has 8 nitrogen and oxygen atoms in total. The Morgan fingerprint density at radius 2 is 1.91 bits per heavy atom. The van der Waals surface area contributed by atoms with E-state index in [0.29, 0.717) is 5.88 Å². The Hall–Kier alpha value is -2.59. The van der Waals surface area contributed by atoms with Gasteiger partial charge in [0.2, 0.25) is 5.88 Å². The van der Waals surface area contributed by atoms with Gasteiger partial charge in [-0.05, 0) is 71.8 Å². The fraction of sp³-hybridized carbons (Fsp3) is 0.400. The van der Waals surface area contributed by atoms with Crippen molar-refractivity contribution in [2.75, 3.05) is 7.11 Å². The van der Waals surface area contributed by atoms with Crippen molar-refractivity contribution in [1.29, 1.82) is 0 Å². The van der Waals surface area contributed by atoms with E-state index in [4.69, 9.17) is 18.9 Å². The van der Waals surface area contributed by atoms with Crippen molar-refractivity contribution in [1.82, 2.24) is 19.5 Å². The number of rotatable bonds is 5. The Morgan fingerprint density at radius 3 is 2.76 bits per heavy atom. The third-order valence-electron chi connectivity index (χ3n) is 6.54. The summed E-state index contributed by atoms with van der Waals surface area (Å²) in [7, 11) is 1.61. The van der Waals surface area contributed by atoms with Crippen molar-refractivity contribution in [2.24, 2.45) is 0 Å². The zero-order valence-corrected chi connectivity index (χ0v) is 20.7. The molecule has 0 N–H and O–H groups in total. The summed E-state index contributed by atoms with van der Waals surface area (Å²) in [5, 5.41) is 3.12. The lowest BCUT2D eigenvalue weighted by Gasteiger charge is -2.25. The third kappa shape index (κ3) is 3.76. The van der Waals surface area contributed by atoms with Gasteiger partial charge in [0.25, 0.3) is 0 Å². The number of aromatic nitrogens is 4. The summed E-state index contributed by atoms with van der Waals surface area (Å²) in [6.45, 7) is 3.90. The average molecular weight is 525 g/mol. The van der Waals surface area contributed by atoms with Gasteiger partial charge in [0.1, 0.15) is 28.8 Å². The van der Waals surface area contributed by atoms with Crippen LogP contribution in [0.5, 0.6) is 5.88 Å². The SMILES string of the molecule is COc1ncnc2c1ccn2[C@@H]1O[C@H](CCc2ccc3cc(Br)ncc3c2)[C@H]2OC(C)(C)O[C@H]21. The maximum Gasteiger partial charge on any atom is 0.225 e. The molecule has 9 heteroatoms. The van der Waals surface area contributed by atoms with E-state index in [-0.39, 0.29) is 24.5 Å². The van der Waals surface area contributed by atoms with Gasteiger partial charge >= 0.3 is 0 Å². The lowest BCUT2D eigenvalue weighted by atomic mass is 10.0. The second kappa shape index (κ2) is 8.27. The topological polar surface area (TPSA) is 80.5 Å². The van der Waals surface area contributed by atoms with Gasteiger partial charge in [-0.2, -0.15) is 0 Å². The summed E-state index contributed by atoms with van der Waals surface area (Å²) in [6.07, 6.45) is 6.14. The number of hydrogen-bond donors (Lipinski definition) is 0. The first-order chi connectivity index (χ1) is 16.4. The van der Waals surface area contributed by atoms with Crippen LogP contribution in [0.2, 0.25) is 0 Å². The molecule has 2 aliphatic heterocycles. The first-order valence-electron chi connectivity index (χ1n) is 11.3. The van der Waals surface area contributed by atoms with Gasteiger partial charge in [-0.3, -0.25) is 0 Å². The molecule has 4 aromatic rings. The van der Waals surface area contributed by atoms with Crippen LogP contribution in [-0.4, -0.2) is 50.7 Å². The Labute approximate surface area is 205 Å². The highest BCUT2D eigenvalue weighted by Crippen LogP contribution is 2.45. The molecular weight excluding hydrogens is 500 g/mol. The van der Waals surface area contributed by atoms with Crippen LogP contribution in [0.15, 0.2) is 53.7 Å². The molecule has 3 aromatic heterocycles. The molecule has 0 amide bonds. The van der Waals surface area contributed by atoms with E-state index in [9.17, 15) is 0 Å². The highest BCUT2D eigenvalue weighted by atomic mass is 79.9. The van der Waals surface area contributed by atoms with Gasteiger partial charge < -0.3 is 23.5 Å². The Bertz CT molecular complexity index is 1370. The summed E-state index contributed by atoms with van der Waals surface area (Å²) < 4.78 is 27.4. The van der Waals surface area contributed by atoms with Crippen molar-refractivity contribution in [2.45, 2.75) is 57.0 Å². The van der Waals surface area contributed by atoms with Crippen molar-refractivity contribution in [3.05, 3.63) is 59.2 Å². The van der Waals surface area contributed by atoms with Crippen LogP contribution in [0.25, 0.3) is 21.8 Å². The normalized spacial score (nSPS) is 25.8. The van der Waals surface area contributed by atoms with Crippen LogP contribution in [-0.2, 0) is 20.6 Å². The number of methoxy groups -OCH3 is 1. The van der Waals surface area contributed by atoms with Crippen LogP contribution in [0, 0.1) is 0 Å². The van der Waals surface area contributed by atoms with Crippen molar-refractivity contribution >= 4 is 37.7 Å². The fourth-order valence-corrected chi connectivity index (χ4v) is 5.41. The predicted molar refractivity (Wildman–Crippen MR) is 130 cm³/mol. The van der Waals surface area contributed by atoms with Crippen molar-refractivity contribution < 1.29 is 18.9 Å². The molecule has 2 saturated heterocycles. The van der Waals surface area contributed by atoms with E-state index >= 15 is 0 Å². The maximum atomic E-state index is 6.57. The second-order valence-corrected chi connectivity index (χ2v) is 10.0. The number of benzene rings is 1. The van der Waals surface area contributed by atoms with Gasteiger partial charge in [-0.25, -0.2) is 15.0 Å². The molecule has 0 bridgehead atoms. The molecule has 0 saturated carbocycles. The summed E-state index contributed by atoms with van der Waals surface area (Å²) in [5.74, 6) is -0.135. The average Bonchev–Trinajstić information content (AvgIpc) is 3.48. The lowest BCUT2D eigenvalue weighted by molar-refractivity contribution is -0.196. The standard InChI is InChI=1S/C25H25BrN4O4/c1-25(2)33-20-18(7-5-14-4-6-15-11-19(26)27-12-16(15)10-14)32-24(21(20)34-25)30-9-8-17-22(30)28-13-29-23(17)31-3/h4,6,8-13,18,20-21,24H,5,7H2,1-3H3/t18-,20-,21-,24-/m1/s1. The monoisotopic (exact) mass is 524 g/mol. The van der Waals surface area contributed by atoms with E-state index < -0.39 is 5.79 Å².